The summed E-state index contributed by atoms with van der Waals surface area (Å²) in [5.74, 6) is -1.39. The van der Waals surface area contributed by atoms with E-state index in [9.17, 15) is 9.59 Å². The Balaban J connectivity index is 3.36. The van der Waals surface area contributed by atoms with E-state index in [1.54, 1.807) is 13.8 Å². The molecule has 0 aliphatic carbocycles. The second-order valence-electron chi connectivity index (χ2n) is 2.79. The molecule has 0 unspecified atom stereocenters. The van der Waals surface area contributed by atoms with Crippen LogP contribution in [0.2, 0.25) is 0 Å². The molecule has 0 saturated carbocycles. The Bertz CT molecular complexity index is 344. The van der Waals surface area contributed by atoms with Gasteiger partial charge in [-0.15, -0.1) is 0 Å². The molecule has 0 atom stereocenters. The third-order valence-electron chi connectivity index (χ3n) is 1.92. The van der Waals surface area contributed by atoms with Gasteiger partial charge in [-0.3, -0.25) is 4.79 Å². The maximum atomic E-state index is 11.0. The highest BCUT2D eigenvalue weighted by molar-refractivity contribution is 5.88. The van der Waals surface area contributed by atoms with Gasteiger partial charge in [0.25, 0.3) is 0 Å². The van der Waals surface area contributed by atoms with Gasteiger partial charge in [0.1, 0.15) is 0 Å². The van der Waals surface area contributed by atoms with Crippen LogP contribution in [0.1, 0.15) is 33.5 Å². The largest absolute Gasteiger partial charge is 0.476 e. The van der Waals surface area contributed by atoms with Gasteiger partial charge in [0.15, 0.2) is 5.69 Å². The van der Waals surface area contributed by atoms with Crippen LogP contribution < -0.4 is 0 Å². The van der Waals surface area contributed by atoms with E-state index in [-0.39, 0.29) is 11.6 Å². The fourth-order valence-electron chi connectivity index (χ4n) is 1.09. The van der Waals surface area contributed by atoms with E-state index >= 15 is 0 Å². The number of carboxylic acid groups (broad SMARTS) is 1. The minimum atomic E-state index is -1.11. The number of rotatable bonds is 1. The summed E-state index contributed by atoms with van der Waals surface area (Å²) >= 11 is 0. The van der Waals surface area contributed by atoms with Crippen LogP contribution in [0.4, 0.5) is 0 Å². The summed E-state index contributed by atoms with van der Waals surface area (Å²) < 4.78 is 1.10. The average Bonchev–Trinajstić information content (AvgIpc) is 2.29. The highest BCUT2D eigenvalue weighted by Crippen LogP contribution is 2.11. The van der Waals surface area contributed by atoms with Crippen LogP contribution in [-0.4, -0.2) is 26.8 Å². The fraction of sp³-hybridized carbons (Fsp3) is 0.375. The molecule has 0 aliphatic heterocycles. The lowest BCUT2D eigenvalue weighted by molar-refractivity contribution is 0.0689. The lowest BCUT2D eigenvalue weighted by Crippen LogP contribution is -2.10. The maximum absolute atomic E-state index is 11.0. The molecular weight excluding hydrogens is 172 g/mol. The third-order valence-corrected chi connectivity index (χ3v) is 1.92. The van der Waals surface area contributed by atoms with Crippen LogP contribution in [-0.2, 0) is 0 Å². The molecule has 0 aliphatic rings. The highest BCUT2D eigenvalue weighted by Gasteiger charge is 2.17. The van der Waals surface area contributed by atoms with Gasteiger partial charge in [0.05, 0.1) is 0 Å². The minimum absolute atomic E-state index is 0.0623. The summed E-state index contributed by atoms with van der Waals surface area (Å²) in [6.45, 7) is 4.63. The van der Waals surface area contributed by atoms with Gasteiger partial charge in [0.2, 0.25) is 5.91 Å². The van der Waals surface area contributed by atoms with Crippen molar-refractivity contribution in [2.24, 2.45) is 0 Å². The molecule has 13 heavy (non-hydrogen) atoms. The number of nitrogens with zero attached hydrogens (tertiary/aromatic N) is 2. The molecule has 1 rings (SSSR count). The molecule has 0 aromatic carbocycles. The molecule has 0 saturated heterocycles. The summed E-state index contributed by atoms with van der Waals surface area (Å²) in [4.78, 5) is 21.6. The van der Waals surface area contributed by atoms with E-state index in [1.165, 1.54) is 6.92 Å². The Morgan fingerprint density at radius 2 is 1.92 bits per heavy atom. The zero-order valence-corrected chi connectivity index (χ0v) is 7.66. The van der Waals surface area contributed by atoms with E-state index in [4.69, 9.17) is 5.11 Å². The quantitative estimate of drug-likeness (QED) is 0.699. The molecule has 0 radical (unpaired) electrons. The Hall–Kier alpha value is -1.65. The van der Waals surface area contributed by atoms with Crippen molar-refractivity contribution in [2.75, 3.05) is 0 Å². The number of hydrogen-bond acceptors (Lipinski definition) is 3. The summed E-state index contributed by atoms with van der Waals surface area (Å²) in [5.41, 5.74) is 1.04. The van der Waals surface area contributed by atoms with Crippen molar-refractivity contribution in [2.45, 2.75) is 20.8 Å². The Labute approximate surface area is 75.0 Å². The normalized spacial score (nSPS) is 10.1. The molecule has 0 spiro atoms. The minimum Gasteiger partial charge on any atom is -0.476 e. The first-order valence-corrected chi connectivity index (χ1v) is 3.75. The molecule has 1 heterocycles. The van der Waals surface area contributed by atoms with Crippen LogP contribution >= 0.6 is 0 Å². The number of carboxylic acids is 1. The molecule has 5 heteroatoms. The summed E-state index contributed by atoms with van der Waals surface area (Å²) in [7, 11) is 0. The van der Waals surface area contributed by atoms with E-state index in [0.717, 1.165) is 4.68 Å². The van der Waals surface area contributed by atoms with E-state index in [1.807, 2.05) is 0 Å². The third kappa shape index (κ3) is 1.44. The topological polar surface area (TPSA) is 72.2 Å². The first-order valence-electron chi connectivity index (χ1n) is 3.75. The Kier molecular flexibility index (Phi) is 2.18. The first kappa shape index (κ1) is 9.44. The molecule has 0 bridgehead atoms. The zero-order chi connectivity index (χ0) is 10.2. The lowest BCUT2D eigenvalue weighted by atomic mass is 10.2. The Morgan fingerprint density at radius 3 is 2.15 bits per heavy atom. The number of carbonyl (C=O) groups is 2. The van der Waals surface area contributed by atoms with Crippen LogP contribution in [0.25, 0.3) is 0 Å². The first-order chi connectivity index (χ1) is 5.95. The number of hydrogen-bond donors (Lipinski definition) is 1. The Morgan fingerprint density at radius 1 is 1.38 bits per heavy atom. The van der Waals surface area contributed by atoms with E-state index in [0.29, 0.717) is 11.3 Å². The maximum Gasteiger partial charge on any atom is 0.356 e. The van der Waals surface area contributed by atoms with Gasteiger partial charge in [-0.25, -0.2) is 9.48 Å². The molecular formula is C8H10N2O3. The van der Waals surface area contributed by atoms with Crippen molar-refractivity contribution in [3.63, 3.8) is 0 Å². The van der Waals surface area contributed by atoms with Crippen molar-refractivity contribution < 1.29 is 14.7 Å². The van der Waals surface area contributed by atoms with Crippen LogP contribution in [0.3, 0.4) is 0 Å². The number of aromatic carboxylic acids is 1. The van der Waals surface area contributed by atoms with Crippen molar-refractivity contribution in [1.29, 1.82) is 0 Å². The molecule has 1 aromatic heterocycles. The van der Waals surface area contributed by atoms with Crippen molar-refractivity contribution in [1.82, 2.24) is 9.78 Å². The van der Waals surface area contributed by atoms with E-state index < -0.39 is 5.97 Å². The standard InChI is InChI=1S/C8H10N2O3/c1-4-5(2)10(6(3)11)9-7(4)8(12)13/h1-3H3,(H,12,13). The number of aromatic nitrogens is 2. The predicted octanol–water partition coefficient (Wildman–Crippen LogP) is 0.858. The summed E-state index contributed by atoms with van der Waals surface area (Å²) in [6.07, 6.45) is 0. The smallest absolute Gasteiger partial charge is 0.356 e. The van der Waals surface area contributed by atoms with Gasteiger partial charge in [0, 0.05) is 18.2 Å². The molecule has 0 fully saturated rings. The molecule has 0 amide bonds. The molecule has 1 N–H and O–H groups in total. The van der Waals surface area contributed by atoms with E-state index in [2.05, 4.69) is 5.10 Å². The predicted molar refractivity (Wildman–Crippen MR) is 45.0 cm³/mol. The second kappa shape index (κ2) is 3.01. The molecule has 70 valence electrons. The monoisotopic (exact) mass is 182 g/mol. The average molecular weight is 182 g/mol. The second-order valence-corrected chi connectivity index (χ2v) is 2.79. The highest BCUT2D eigenvalue weighted by atomic mass is 16.4. The van der Waals surface area contributed by atoms with Crippen molar-refractivity contribution >= 4 is 11.9 Å². The van der Waals surface area contributed by atoms with Crippen LogP contribution in [0.5, 0.6) is 0 Å². The number of carbonyl (C=O) groups excluding carboxylic acids is 1. The molecule has 1 aromatic rings. The van der Waals surface area contributed by atoms with Gasteiger partial charge in [-0.2, -0.15) is 5.10 Å². The van der Waals surface area contributed by atoms with Crippen LogP contribution in [0, 0.1) is 13.8 Å². The lowest BCUT2D eigenvalue weighted by Gasteiger charge is -1.95. The summed E-state index contributed by atoms with van der Waals surface area (Å²) in [5, 5.41) is 12.4. The molecule has 5 nitrogen and oxygen atoms in total. The van der Waals surface area contributed by atoms with Crippen molar-refractivity contribution in [3.05, 3.63) is 17.0 Å². The summed E-state index contributed by atoms with van der Waals surface area (Å²) in [6, 6.07) is 0. The van der Waals surface area contributed by atoms with Gasteiger partial charge < -0.3 is 5.11 Å². The van der Waals surface area contributed by atoms with Gasteiger partial charge in [-0.05, 0) is 13.8 Å². The fourth-order valence-corrected chi connectivity index (χ4v) is 1.09. The van der Waals surface area contributed by atoms with Crippen molar-refractivity contribution in [3.8, 4) is 0 Å². The van der Waals surface area contributed by atoms with Crippen LogP contribution in [0.15, 0.2) is 0 Å². The van der Waals surface area contributed by atoms with Gasteiger partial charge in [-0.1, -0.05) is 0 Å². The van der Waals surface area contributed by atoms with Gasteiger partial charge >= 0.3 is 5.97 Å². The SMILES string of the molecule is CC(=O)n1nc(C(=O)O)c(C)c1C. The zero-order valence-electron chi connectivity index (χ0n) is 7.66.